The van der Waals surface area contributed by atoms with Crippen molar-refractivity contribution in [2.24, 2.45) is 0 Å². The number of benzene rings is 1. The molecule has 1 aromatic carbocycles. The van der Waals surface area contributed by atoms with Crippen molar-refractivity contribution in [1.29, 1.82) is 0 Å². The number of para-hydroxylation sites is 1. The molecule has 1 fully saturated rings. The molecule has 0 saturated carbocycles. The second-order valence-electron chi connectivity index (χ2n) is 6.49. The third-order valence-electron chi connectivity index (χ3n) is 4.69. The number of aromatic nitrogens is 1. The van der Waals surface area contributed by atoms with Crippen LogP contribution < -0.4 is 4.72 Å². The highest BCUT2D eigenvalue weighted by Crippen LogP contribution is 2.22. The first-order valence-corrected chi connectivity index (χ1v) is 10.1. The van der Waals surface area contributed by atoms with Crippen molar-refractivity contribution in [2.45, 2.75) is 31.8 Å². The van der Waals surface area contributed by atoms with E-state index in [1.165, 1.54) is 6.26 Å². The number of nitrogens with zero attached hydrogens (tertiary/aromatic N) is 1. The van der Waals surface area contributed by atoms with Gasteiger partial charge in [0.15, 0.2) is 5.78 Å². The first-order valence-electron chi connectivity index (χ1n) is 8.17. The molecule has 6 nitrogen and oxygen atoms in total. The van der Waals surface area contributed by atoms with Crippen LogP contribution in [0.1, 0.15) is 30.1 Å². The van der Waals surface area contributed by atoms with Crippen LogP contribution in [0.2, 0.25) is 0 Å². The van der Waals surface area contributed by atoms with Gasteiger partial charge in [-0.2, -0.15) is 0 Å². The van der Waals surface area contributed by atoms with Gasteiger partial charge in [-0.05, 0) is 25.8 Å². The Balaban J connectivity index is 1.67. The molecule has 7 heteroatoms. The monoisotopic (exact) mass is 349 g/mol. The molecule has 0 spiro atoms. The van der Waals surface area contributed by atoms with Crippen molar-refractivity contribution in [3.05, 3.63) is 36.0 Å². The number of piperidine rings is 1. The lowest BCUT2D eigenvalue weighted by atomic mass is 9.99. The van der Waals surface area contributed by atoms with Crippen LogP contribution in [0.3, 0.4) is 0 Å². The van der Waals surface area contributed by atoms with Crippen LogP contribution >= 0.6 is 0 Å². The fourth-order valence-electron chi connectivity index (χ4n) is 3.37. The molecule has 0 bridgehead atoms. The molecule has 130 valence electrons. The molecule has 1 aliphatic heterocycles. The summed E-state index contributed by atoms with van der Waals surface area (Å²) in [5.74, 6) is 0.0990. The van der Waals surface area contributed by atoms with Crippen LogP contribution in [0.5, 0.6) is 0 Å². The van der Waals surface area contributed by atoms with Gasteiger partial charge in [-0.1, -0.05) is 18.2 Å². The largest absolute Gasteiger partial charge is 0.360 e. The number of likely N-dealkylation sites (tertiary alicyclic amines) is 1. The van der Waals surface area contributed by atoms with E-state index >= 15 is 0 Å². The van der Waals surface area contributed by atoms with Gasteiger partial charge < -0.3 is 4.98 Å². The summed E-state index contributed by atoms with van der Waals surface area (Å²) in [6, 6.07) is 7.53. The molecular weight excluding hydrogens is 326 g/mol. The van der Waals surface area contributed by atoms with E-state index in [9.17, 15) is 13.2 Å². The van der Waals surface area contributed by atoms with Crippen molar-refractivity contribution in [3.8, 4) is 0 Å². The Kier molecular flexibility index (Phi) is 4.76. The van der Waals surface area contributed by atoms with Crippen molar-refractivity contribution in [2.75, 3.05) is 19.3 Å². The second kappa shape index (κ2) is 6.66. The Morgan fingerprint density at radius 1 is 1.29 bits per heavy atom. The molecule has 2 N–H and O–H groups in total. The predicted octanol–water partition coefficient (Wildman–Crippen LogP) is 1.75. The average molecular weight is 349 g/mol. The van der Waals surface area contributed by atoms with E-state index in [2.05, 4.69) is 14.6 Å². The maximum absolute atomic E-state index is 12.9. The Labute approximate surface area is 142 Å². The summed E-state index contributed by atoms with van der Waals surface area (Å²) in [6.07, 6.45) is 4.40. The lowest BCUT2D eigenvalue weighted by Crippen LogP contribution is -2.49. The highest BCUT2D eigenvalue weighted by Gasteiger charge is 2.29. The Morgan fingerprint density at radius 3 is 2.62 bits per heavy atom. The standard InChI is InChI=1S/C17H23N3O3S/c1-12(20-9-7-13(8-10-20)19-24(2,22)23)17(21)15-11-18-16-6-4-3-5-14(15)16/h3-6,11-13,18-19H,7-10H2,1-2H3/t12-/m0/s1. The van der Waals surface area contributed by atoms with E-state index in [1.54, 1.807) is 6.20 Å². The number of ketones is 1. The smallest absolute Gasteiger partial charge is 0.208 e. The number of nitrogens with one attached hydrogen (secondary N) is 2. The Hall–Kier alpha value is -1.70. The summed E-state index contributed by atoms with van der Waals surface area (Å²) in [5.41, 5.74) is 1.68. The number of H-pyrrole nitrogens is 1. The summed E-state index contributed by atoms with van der Waals surface area (Å²) in [4.78, 5) is 18.1. The maximum atomic E-state index is 12.9. The van der Waals surface area contributed by atoms with E-state index in [4.69, 9.17) is 0 Å². The fraction of sp³-hybridized carbons (Fsp3) is 0.471. The summed E-state index contributed by atoms with van der Waals surface area (Å²) in [6.45, 7) is 3.35. The van der Waals surface area contributed by atoms with E-state index in [1.807, 2.05) is 31.2 Å². The van der Waals surface area contributed by atoms with E-state index < -0.39 is 10.0 Å². The number of Topliss-reactive ketones (excluding diaryl/α,β-unsaturated/α-hetero) is 1. The van der Waals surface area contributed by atoms with Crippen molar-refractivity contribution < 1.29 is 13.2 Å². The summed E-state index contributed by atoms with van der Waals surface area (Å²) < 4.78 is 25.3. The molecule has 0 aliphatic carbocycles. The number of fused-ring (bicyclic) bond motifs is 1. The molecule has 1 aliphatic rings. The number of carbonyl (C=O) groups is 1. The van der Waals surface area contributed by atoms with Gasteiger partial charge in [0.05, 0.1) is 12.3 Å². The molecule has 3 rings (SSSR count). The molecule has 1 aromatic heterocycles. The van der Waals surface area contributed by atoms with E-state index in [-0.39, 0.29) is 17.9 Å². The highest BCUT2D eigenvalue weighted by molar-refractivity contribution is 7.88. The molecule has 0 amide bonds. The van der Waals surface area contributed by atoms with Gasteiger partial charge in [-0.3, -0.25) is 9.69 Å². The number of hydrogen-bond donors (Lipinski definition) is 2. The molecular formula is C17H23N3O3S. The lowest BCUT2D eigenvalue weighted by molar-refractivity contribution is 0.0795. The third-order valence-corrected chi connectivity index (χ3v) is 5.45. The number of carbonyl (C=O) groups excluding carboxylic acids is 1. The number of aromatic amines is 1. The molecule has 2 heterocycles. The SMILES string of the molecule is C[C@@H](C(=O)c1c[nH]c2ccccc12)N1CCC(NS(C)(=O)=O)CC1. The lowest BCUT2D eigenvalue weighted by Gasteiger charge is -2.35. The summed E-state index contributed by atoms with van der Waals surface area (Å²) in [7, 11) is -3.18. The third kappa shape index (κ3) is 3.68. The van der Waals surface area contributed by atoms with Crippen LogP contribution in [-0.2, 0) is 10.0 Å². The number of sulfonamides is 1. The molecule has 0 unspecified atom stereocenters. The van der Waals surface area contributed by atoms with Crippen LogP contribution in [0.25, 0.3) is 10.9 Å². The Morgan fingerprint density at radius 2 is 1.96 bits per heavy atom. The van der Waals surface area contributed by atoms with Crippen LogP contribution in [-0.4, -0.2) is 55.5 Å². The van der Waals surface area contributed by atoms with Crippen LogP contribution in [0.15, 0.2) is 30.5 Å². The summed E-state index contributed by atoms with van der Waals surface area (Å²) >= 11 is 0. The zero-order chi connectivity index (χ0) is 17.3. The van der Waals surface area contributed by atoms with Gasteiger partial charge in [0.1, 0.15) is 0 Å². The molecule has 24 heavy (non-hydrogen) atoms. The number of rotatable bonds is 5. The topological polar surface area (TPSA) is 82.3 Å². The van der Waals surface area contributed by atoms with Gasteiger partial charge in [-0.15, -0.1) is 0 Å². The van der Waals surface area contributed by atoms with Gasteiger partial charge in [0.2, 0.25) is 10.0 Å². The first-order chi connectivity index (χ1) is 11.3. The van der Waals surface area contributed by atoms with Gasteiger partial charge in [0, 0.05) is 41.8 Å². The molecule has 1 saturated heterocycles. The van der Waals surface area contributed by atoms with Gasteiger partial charge >= 0.3 is 0 Å². The average Bonchev–Trinajstić information content (AvgIpc) is 2.97. The van der Waals surface area contributed by atoms with Gasteiger partial charge in [-0.25, -0.2) is 13.1 Å². The minimum absolute atomic E-state index is 0.0355. The minimum atomic E-state index is -3.18. The maximum Gasteiger partial charge on any atom is 0.208 e. The van der Waals surface area contributed by atoms with Crippen LogP contribution in [0.4, 0.5) is 0 Å². The highest BCUT2D eigenvalue weighted by atomic mass is 32.2. The van der Waals surface area contributed by atoms with Crippen LogP contribution in [0, 0.1) is 0 Å². The van der Waals surface area contributed by atoms with Crippen molar-refractivity contribution >= 4 is 26.7 Å². The fourth-order valence-corrected chi connectivity index (χ4v) is 4.21. The molecule has 2 aromatic rings. The number of hydrogen-bond acceptors (Lipinski definition) is 4. The molecule has 1 atom stereocenters. The normalized spacial score (nSPS) is 18.8. The minimum Gasteiger partial charge on any atom is -0.360 e. The van der Waals surface area contributed by atoms with E-state index in [0.717, 1.165) is 29.3 Å². The first kappa shape index (κ1) is 17.1. The Bertz CT molecular complexity index is 836. The zero-order valence-corrected chi connectivity index (χ0v) is 14.8. The van der Waals surface area contributed by atoms with Crippen molar-refractivity contribution in [3.63, 3.8) is 0 Å². The van der Waals surface area contributed by atoms with Gasteiger partial charge in [0.25, 0.3) is 0 Å². The second-order valence-corrected chi connectivity index (χ2v) is 8.27. The van der Waals surface area contributed by atoms with Crippen molar-refractivity contribution in [1.82, 2.24) is 14.6 Å². The summed E-state index contributed by atoms with van der Waals surface area (Å²) in [5, 5.41) is 0.947. The quantitative estimate of drug-likeness (QED) is 0.806. The predicted molar refractivity (Wildman–Crippen MR) is 94.7 cm³/mol. The van der Waals surface area contributed by atoms with E-state index in [0.29, 0.717) is 13.1 Å². The molecule has 0 radical (unpaired) electrons. The zero-order valence-electron chi connectivity index (χ0n) is 14.0.